The number of alkyl halides is 2. The van der Waals surface area contributed by atoms with E-state index in [0.29, 0.717) is 17.0 Å². The fourth-order valence-electron chi connectivity index (χ4n) is 2.91. The first kappa shape index (κ1) is 16.1. The molecular weight excluding hydrogens is 354 g/mol. The largest absolute Gasteiger partial charge is 0.334 e. The highest BCUT2D eigenvalue weighted by molar-refractivity contribution is 6.34. The third-order valence-electron chi connectivity index (χ3n) is 4.36. The summed E-state index contributed by atoms with van der Waals surface area (Å²) in [6, 6.07) is 0. The van der Waals surface area contributed by atoms with Gasteiger partial charge in [-0.1, -0.05) is 28.9 Å². The second kappa shape index (κ2) is 5.87. The van der Waals surface area contributed by atoms with Crippen molar-refractivity contribution in [1.29, 1.82) is 0 Å². The summed E-state index contributed by atoms with van der Waals surface area (Å²) in [5.41, 5.74) is 2.12. The van der Waals surface area contributed by atoms with E-state index in [-0.39, 0.29) is 37.6 Å². The number of rotatable bonds is 2. The Bertz CT molecular complexity index is 871. The molecule has 0 N–H and O–H groups in total. The second-order valence-electron chi connectivity index (χ2n) is 6.02. The molecule has 130 valence electrons. The number of nitrogens with zero attached hydrogens (tertiary/aromatic N) is 4. The number of pyridine rings is 1. The lowest BCUT2D eigenvalue weighted by atomic mass is 10.1. The van der Waals surface area contributed by atoms with Crippen molar-refractivity contribution < 1.29 is 18.1 Å². The third kappa shape index (κ3) is 2.90. The summed E-state index contributed by atoms with van der Waals surface area (Å²) < 4.78 is 31.4. The summed E-state index contributed by atoms with van der Waals surface area (Å²) in [4.78, 5) is 22.0. The fourth-order valence-corrected chi connectivity index (χ4v) is 3.21. The van der Waals surface area contributed by atoms with E-state index in [9.17, 15) is 13.6 Å². The van der Waals surface area contributed by atoms with Crippen LogP contribution in [0.4, 0.5) is 8.78 Å². The Balaban J connectivity index is 1.57. The number of piperidine rings is 1. The molecule has 0 atom stereocenters. The van der Waals surface area contributed by atoms with E-state index in [1.54, 1.807) is 0 Å². The molecule has 1 amide bonds. The monoisotopic (exact) mass is 366 g/mol. The molecule has 0 aromatic carbocycles. The third-order valence-corrected chi connectivity index (χ3v) is 4.77. The van der Waals surface area contributed by atoms with Crippen LogP contribution in [0.15, 0.2) is 16.8 Å². The lowest BCUT2D eigenvalue weighted by molar-refractivity contribution is -0.0500. The number of likely N-dealkylation sites (tertiary alicyclic amines) is 1. The van der Waals surface area contributed by atoms with Crippen molar-refractivity contribution in [3.63, 3.8) is 0 Å². The van der Waals surface area contributed by atoms with E-state index in [4.69, 9.17) is 16.1 Å². The van der Waals surface area contributed by atoms with E-state index < -0.39 is 11.8 Å². The number of hydrogen-bond donors (Lipinski definition) is 0. The van der Waals surface area contributed by atoms with Crippen LogP contribution in [-0.2, 0) is 6.42 Å². The van der Waals surface area contributed by atoms with Crippen LogP contribution in [0.25, 0.3) is 17.5 Å². The lowest BCUT2D eigenvalue weighted by Gasteiger charge is -2.30. The van der Waals surface area contributed by atoms with Gasteiger partial charge in [-0.05, 0) is 0 Å². The summed E-state index contributed by atoms with van der Waals surface area (Å²) >= 11 is 6.37. The lowest BCUT2D eigenvalue weighted by Crippen LogP contribution is -2.42. The Morgan fingerprint density at radius 3 is 2.84 bits per heavy atom. The van der Waals surface area contributed by atoms with E-state index >= 15 is 0 Å². The van der Waals surface area contributed by atoms with Gasteiger partial charge in [-0.3, -0.25) is 9.78 Å². The topological polar surface area (TPSA) is 72.1 Å². The first-order chi connectivity index (χ1) is 11.9. The predicted octanol–water partition coefficient (Wildman–Crippen LogP) is 3.23. The highest BCUT2D eigenvalue weighted by Crippen LogP contribution is 2.34. The van der Waals surface area contributed by atoms with Crippen molar-refractivity contribution in [2.45, 2.75) is 25.2 Å². The minimum absolute atomic E-state index is 0.0461. The molecule has 0 saturated carbocycles. The highest BCUT2D eigenvalue weighted by Gasteiger charge is 2.37. The van der Waals surface area contributed by atoms with Crippen LogP contribution in [0.1, 0.15) is 34.8 Å². The van der Waals surface area contributed by atoms with Crippen LogP contribution in [-0.4, -0.2) is 44.9 Å². The van der Waals surface area contributed by atoms with Crippen molar-refractivity contribution in [3.05, 3.63) is 34.4 Å². The summed E-state index contributed by atoms with van der Waals surface area (Å²) in [5, 5.41) is 4.23. The van der Waals surface area contributed by atoms with Gasteiger partial charge in [-0.2, -0.15) is 4.98 Å². The Morgan fingerprint density at radius 2 is 2.08 bits per heavy atom. The van der Waals surface area contributed by atoms with Gasteiger partial charge in [-0.25, -0.2) is 8.78 Å². The van der Waals surface area contributed by atoms with Crippen LogP contribution < -0.4 is 0 Å². The number of halogens is 3. The molecule has 2 aromatic heterocycles. The van der Waals surface area contributed by atoms with E-state index in [1.165, 1.54) is 11.1 Å². The minimum Gasteiger partial charge on any atom is -0.334 e. The maximum Gasteiger partial charge on any atom is 0.316 e. The van der Waals surface area contributed by atoms with Gasteiger partial charge in [0.15, 0.2) is 0 Å². The Kier molecular flexibility index (Phi) is 3.79. The molecule has 1 saturated heterocycles. The average Bonchev–Trinajstić information content (AvgIpc) is 3.24. The maximum atomic E-state index is 13.2. The van der Waals surface area contributed by atoms with Gasteiger partial charge < -0.3 is 9.42 Å². The van der Waals surface area contributed by atoms with Gasteiger partial charge in [-0.15, -0.1) is 0 Å². The molecule has 4 rings (SSSR count). The fraction of sp³-hybridized carbons (Fsp3) is 0.375. The SMILES string of the molecule is O=C(c1nc(-c2cnc3c(c2Cl)C=CC3)no1)N1CCC(F)(F)CC1. The maximum absolute atomic E-state index is 13.2. The van der Waals surface area contributed by atoms with Crippen molar-refractivity contribution in [2.24, 2.45) is 0 Å². The van der Waals surface area contributed by atoms with Crippen molar-refractivity contribution in [3.8, 4) is 11.4 Å². The molecule has 2 aromatic rings. The molecule has 2 aliphatic rings. The standard InChI is InChI=1S/C16H13ClF2N4O2/c17-12-9-2-1-3-11(9)20-8-10(12)13-21-14(25-22-13)15(24)23-6-4-16(18,19)5-7-23/h1-2,8H,3-7H2. The molecule has 1 fully saturated rings. The zero-order valence-corrected chi connectivity index (χ0v) is 13.8. The minimum atomic E-state index is -2.73. The van der Waals surface area contributed by atoms with Crippen molar-refractivity contribution >= 4 is 23.6 Å². The van der Waals surface area contributed by atoms with Gasteiger partial charge >= 0.3 is 11.8 Å². The van der Waals surface area contributed by atoms with Crippen molar-refractivity contribution in [2.75, 3.05) is 13.1 Å². The molecule has 1 aliphatic heterocycles. The Labute approximate surface area is 146 Å². The van der Waals surface area contributed by atoms with Crippen LogP contribution in [0, 0.1) is 0 Å². The van der Waals surface area contributed by atoms with Crippen LogP contribution in [0.2, 0.25) is 5.02 Å². The molecule has 0 bridgehead atoms. The molecule has 6 nitrogen and oxygen atoms in total. The van der Waals surface area contributed by atoms with Gasteiger partial charge in [0.1, 0.15) is 0 Å². The first-order valence-corrected chi connectivity index (χ1v) is 8.17. The average molecular weight is 367 g/mol. The highest BCUT2D eigenvalue weighted by atomic mass is 35.5. The van der Waals surface area contributed by atoms with E-state index in [1.807, 2.05) is 12.2 Å². The molecule has 0 radical (unpaired) electrons. The van der Waals surface area contributed by atoms with Gasteiger partial charge in [0.05, 0.1) is 16.3 Å². The second-order valence-corrected chi connectivity index (χ2v) is 6.40. The number of carbonyl (C=O) groups excluding carboxylic acids is 1. The molecule has 1 aliphatic carbocycles. The molecular formula is C16H13ClF2N4O2. The quantitative estimate of drug-likeness (QED) is 0.816. The van der Waals surface area contributed by atoms with Gasteiger partial charge in [0, 0.05) is 44.1 Å². The summed E-state index contributed by atoms with van der Waals surface area (Å²) in [6.45, 7) is -0.0923. The summed E-state index contributed by atoms with van der Waals surface area (Å²) in [5.74, 6) is -3.38. The zero-order chi connectivity index (χ0) is 17.6. The number of fused-ring (bicyclic) bond motifs is 1. The molecule has 0 unspecified atom stereocenters. The Hall–Kier alpha value is -2.35. The van der Waals surface area contributed by atoms with Crippen LogP contribution in [0.3, 0.4) is 0 Å². The number of carbonyl (C=O) groups is 1. The number of allylic oxidation sites excluding steroid dienone is 1. The van der Waals surface area contributed by atoms with Crippen LogP contribution in [0.5, 0.6) is 0 Å². The van der Waals surface area contributed by atoms with Gasteiger partial charge in [0.25, 0.3) is 5.92 Å². The van der Waals surface area contributed by atoms with Crippen molar-refractivity contribution in [1.82, 2.24) is 20.0 Å². The summed E-state index contributed by atoms with van der Waals surface area (Å²) in [7, 11) is 0. The molecule has 3 heterocycles. The number of aromatic nitrogens is 3. The normalized spacial score (nSPS) is 18.4. The zero-order valence-electron chi connectivity index (χ0n) is 13.0. The summed E-state index contributed by atoms with van der Waals surface area (Å²) in [6.07, 6.45) is 5.33. The molecule has 25 heavy (non-hydrogen) atoms. The number of amides is 1. The van der Waals surface area contributed by atoms with Crippen LogP contribution >= 0.6 is 11.6 Å². The van der Waals surface area contributed by atoms with E-state index in [2.05, 4.69) is 15.1 Å². The first-order valence-electron chi connectivity index (χ1n) is 7.80. The Morgan fingerprint density at radius 1 is 1.32 bits per heavy atom. The van der Waals surface area contributed by atoms with E-state index in [0.717, 1.165) is 11.3 Å². The number of hydrogen-bond acceptors (Lipinski definition) is 5. The molecule has 0 spiro atoms. The predicted molar refractivity (Wildman–Crippen MR) is 85.4 cm³/mol. The van der Waals surface area contributed by atoms with Gasteiger partial charge in [0.2, 0.25) is 5.82 Å². The molecule has 9 heteroatoms. The smallest absolute Gasteiger partial charge is 0.316 e.